The second kappa shape index (κ2) is 5.28. The molecule has 0 bridgehead atoms. The Hall–Kier alpha value is -2.07. The molecule has 0 radical (unpaired) electrons. The summed E-state index contributed by atoms with van der Waals surface area (Å²) in [6.07, 6.45) is -0.0188. The van der Waals surface area contributed by atoms with Crippen molar-refractivity contribution in [1.29, 1.82) is 5.26 Å². The number of anilines is 1. The molecule has 1 aliphatic heterocycles. The average molecular weight is 264 g/mol. The van der Waals surface area contributed by atoms with Crippen LogP contribution in [0, 0.1) is 18.3 Å². The fourth-order valence-corrected chi connectivity index (χ4v) is 2.41. The molecule has 0 spiro atoms. The quantitative estimate of drug-likeness (QED) is 0.843. The van der Waals surface area contributed by atoms with E-state index < -0.39 is 5.97 Å². The Morgan fingerprint density at radius 1 is 1.68 bits per heavy atom. The Balaban J connectivity index is 2.37. The number of rotatable bonds is 3. The number of aliphatic carboxylic acids is 1. The zero-order valence-electron chi connectivity index (χ0n) is 11.0. The highest BCUT2D eigenvalue weighted by molar-refractivity contribution is 5.69. The number of aryl methyl sites for hydroxylation is 2. The highest BCUT2D eigenvalue weighted by atomic mass is 16.5. The largest absolute Gasteiger partial charge is 0.481 e. The number of hydrogen-bond donors (Lipinski definition) is 1. The zero-order valence-corrected chi connectivity index (χ0v) is 11.0. The van der Waals surface area contributed by atoms with Crippen LogP contribution in [-0.2, 0) is 16.6 Å². The number of hydrogen-bond acceptors (Lipinski definition) is 5. The third kappa shape index (κ3) is 2.53. The van der Waals surface area contributed by atoms with E-state index in [2.05, 4.69) is 11.2 Å². The van der Waals surface area contributed by atoms with Crippen LogP contribution >= 0.6 is 0 Å². The minimum Gasteiger partial charge on any atom is -0.481 e. The number of morpholine rings is 1. The van der Waals surface area contributed by atoms with Crippen LogP contribution in [0.4, 0.5) is 5.82 Å². The van der Waals surface area contributed by atoms with Gasteiger partial charge in [0.25, 0.3) is 0 Å². The molecule has 1 aromatic rings. The SMILES string of the molecule is Cc1nn(C)c(N2CCOCC2CC(=O)O)c1C#N. The summed E-state index contributed by atoms with van der Waals surface area (Å²) >= 11 is 0. The highest BCUT2D eigenvalue weighted by Crippen LogP contribution is 2.26. The van der Waals surface area contributed by atoms with E-state index in [-0.39, 0.29) is 12.5 Å². The first-order chi connectivity index (χ1) is 9.04. The number of carbonyl (C=O) groups is 1. The van der Waals surface area contributed by atoms with Crippen LogP contribution < -0.4 is 4.90 Å². The summed E-state index contributed by atoms with van der Waals surface area (Å²) in [7, 11) is 1.76. The Labute approximate surface area is 111 Å². The molecule has 1 unspecified atom stereocenters. The summed E-state index contributed by atoms with van der Waals surface area (Å²) in [6, 6.07) is 1.87. The van der Waals surface area contributed by atoms with Gasteiger partial charge in [-0.15, -0.1) is 0 Å². The van der Waals surface area contributed by atoms with Crippen LogP contribution in [0.1, 0.15) is 17.7 Å². The number of carboxylic acids is 1. The van der Waals surface area contributed by atoms with Crippen molar-refractivity contribution < 1.29 is 14.6 Å². The van der Waals surface area contributed by atoms with E-state index in [1.165, 1.54) is 0 Å². The van der Waals surface area contributed by atoms with Gasteiger partial charge in [0.15, 0.2) is 0 Å². The molecule has 7 nitrogen and oxygen atoms in total. The second-order valence-electron chi connectivity index (χ2n) is 4.54. The molecule has 2 heterocycles. The molecular formula is C12H16N4O3. The van der Waals surface area contributed by atoms with E-state index in [0.717, 1.165) is 0 Å². The standard InChI is InChI=1S/C12H16N4O3/c1-8-10(6-13)12(15(2)14-8)16-3-4-19-7-9(16)5-11(17)18/h9H,3-5,7H2,1-2H3,(H,17,18). The smallest absolute Gasteiger partial charge is 0.305 e. The van der Waals surface area contributed by atoms with Gasteiger partial charge in [-0.25, -0.2) is 0 Å². The third-order valence-corrected chi connectivity index (χ3v) is 3.21. The Bertz CT molecular complexity index is 532. The molecule has 0 aliphatic carbocycles. The van der Waals surface area contributed by atoms with Crippen molar-refractivity contribution in [3.63, 3.8) is 0 Å². The van der Waals surface area contributed by atoms with E-state index in [0.29, 0.717) is 36.8 Å². The lowest BCUT2D eigenvalue weighted by molar-refractivity contribution is -0.138. The molecule has 1 atom stereocenters. The van der Waals surface area contributed by atoms with Gasteiger partial charge in [0.1, 0.15) is 17.5 Å². The molecule has 1 saturated heterocycles. The lowest BCUT2D eigenvalue weighted by Gasteiger charge is -2.36. The van der Waals surface area contributed by atoms with Gasteiger partial charge in [0, 0.05) is 13.6 Å². The van der Waals surface area contributed by atoms with Gasteiger partial charge in [-0.05, 0) is 6.92 Å². The molecule has 7 heteroatoms. The van der Waals surface area contributed by atoms with Gasteiger partial charge in [0.05, 0.1) is 31.4 Å². The summed E-state index contributed by atoms with van der Waals surface area (Å²) in [5.74, 6) is -0.201. The Morgan fingerprint density at radius 3 is 3.05 bits per heavy atom. The first-order valence-electron chi connectivity index (χ1n) is 6.04. The lowest BCUT2D eigenvalue weighted by atomic mass is 10.1. The van der Waals surface area contributed by atoms with Crippen molar-refractivity contribution in [2.24, 2.45) is 7.05 Å². The molecule has 1 aromatic heterocycles. The summed E-state index contributed by atoms with van der Waals surface area (Å²) in [5.41, 5.74) is 1.15. The number of carboxylic acid groups (broad SMARTS) is 1. The summed E-state index contributed by atoms with van der Waals surface area (Å²) in [5, 5.41) is 22.4. The maximum atomic E-state index is 10.9. The van der Waals surface area contributed by atoms with Crippen molar-refractivity contribution in [2.45, 2.75) is 19.4 Å². The Kier molecular flexibility index (Phi) is 3.71. The predicted molar refractivity (Wildman–Crippen MR) is 66.9 cm³/mol. The van der Waals surface area contributed by atoms with Crippen molar-refractivity contribution in [1.82, 2.24) is 9.78 Å². The van der Waals surface area contributed by atoms with Crippen LogP contribution in [-0.4, -0.2) is 46.7 Å². The summed E-state index contributed by atoms with van der Waals surface area (Å²) in [6.45, 7) is 3.20. The van der Waals surface area contributed by atoms with Gasteiger partial charge >= 0.3 is 5.97 Å². The summed E-state index contributed by atoms with van der Waals surface area (Å²) in [4.78, 5) is 12.8. The van der Waals surface area contributed by atoms with Gasteiger partial charge in [0.2, 0.25) is 0 Å². The lowest BCUT2D eigenvalue weighted by Crippen LogP contribution is -2.47. The summed E-state index contributed by atoms with van der Waals surface area (Å²) < 4.78 is 6.97. The van der Waals surface area contributed by atoms with Gasteiger partial charge in [-0.1, -0.05) is 0 Å². The number of aromatic nitrogens is 2. The first-order valence-corrected chi connectivity index (χ1v) is 6.04. The van der Waals surface area contributed by atoms with Crippen LogP contribution in [0.2, 0.25) is 0 Å². The second-order valence-corrected chi connectivity index (χ2v) is 4.54. The molecule has 102 valence electrons. The van der Waals surface area contributed by atoms with Crippen molar-refractivity contribution in [2.75, 3.05) is 24.7 Å². The van der Waals surface area contributed by atoms with E-state index in [4.69, 9.17) is 9.84 Å². The zero-order chi connectivity index (χ0) is 14.0. The van der Waals surface area contributed by atoms with Crippen LogP contribution in [0.3, 0.4) is 0 Å². The van der Waals surface area contributed by atoms with Crippen molar-refractivity contribution >= 4 is 11.8 Å². The van der Waals surface area contributed by atoms with E-state index >= 15 is 0 Å². The molecule has 0 amide bonds. The number of ether oxygens (including phenoxy) is 1. The van der Waals surface area contributed by atoms with Crippen LogP contribution in [0.5, 0.6) is 0 Å². The van der Waals surface area contributed by atoms with Gasteiger partial charge in [-0.2, -0.15) is 10.4 Å². The van der Waals surface area contributed by atoms with E-state index in [9.17, 15) is 10.1 Å². The van der Waals surface area contributed by atoms with E-state index in [1.54, 1.807) is 18.7 Å². The van der Waals surface area contributed by atoms with Gasteiger partial charge in [-0.3, -0.25) is 9.48 Å². The predicted octanol–water partition coefficient (Wildman–Crippen LogP) is 0.280. The molecular weight excluding hydrogens is 248 g/mol. The fraction of sp³-hybridized carbons (Fsp3) is 0.583. The van der Waals surface area contributed by atoms with Crippen molar-refractivity contribution in [3.05, 3.63) is 11.3 Å². The van der Waals surface area contributed by atoms with Crippen molar-refractivity contribution in [3.8, 4) is 6.07 Å². The maximum absolute atomic E-state index is 10.9. The average Bonchev–Trinajstić information content (AvgIpc) is 2.63. The van der Waals surface area contributed by atoms with Crippen LogP contribution in [0.15, 0.2) is 0 Å². The Morgan fingerprint density at radius 2 is 2.42 bits per heavy atom. The maximum Gasteiger partial charge on any atom is 0.305 e. The third-order valence-electron chi connectivity index (χ3n) is 3.21. The fourth-order valence-electron chi connectivity index (χ4n) is 2.41. The van der Waals surface area contributed by atoms with Gasteiger partial charge < -0.3 is 14.7 Å². The minimum atomic E-state index is -0.877. The monoisotopic (exact) mass is 264 g/mol. The first kappa shape index (κ1) is 13.4. The number of nitriles is 1. The molecule has 1 N–H and O–H groups in total. The molecule has 1 fully saturated rings. The molecule has 0 saturated carbocycles. The van der Waals surface area contributed by atoms with E-state index in [1.807, 2.05) is 4.90 Å². The molecule has 1 aliphatic rings. The topological polar surface area (TPSA) is 91.4 Å². The molecule has 19 heavy (non-hydrogen) atoms. The number of nitrogens with zero attached hydrogens (tertiary/aromatic N) is 4. The minimum absolute atomic E-state index is 0.0188. The molecule has 2 rings (SSSR count). The molecule has 0 aromatic carbocycles. The van der Waals surface area contributed by atoms with Crippen LogP contribution in [0.25, 0.3) is 0 Å². The normalized spacial score (nSPS) is 19.2. The highest BCUT2D eigenvalue weighted by Gasteiger charge is 2.30.